The van der Waals surface area contributed by atoms with Gasteiger partial charge in [-0.15, -0.1) is 0 Å². The van der Waals surface area contributed by atoms with Crippen LogP contribution in [0.2, 0.25) is 0 Å². The Balaban J connectivity index is 1.73. The summed E-state index contributed by atoms with van der Waals surface area (Å²) in [5.74, 6) is 1.39. The van der Waals surface area contributed by atoms with Gasteiger partial charge in [-0.1, -0.05) is 18.5 Å². The van der Waals surface area contributed by atoms with Gasteiger partial charge in [0.15, 0.2) is 5.82 Å². The van der Waals surface area contributed by atoms with Crippen LogP contribution >= 0.6 is 0 Å². The van der Waals surface area contributed by atoms with Crippen molar-refractivity contribution in [1.82, 2.24) is 19.9 Å². The van der Waals surface area contributed by atoms with Crippen molar-refractivity contribution in [2.75, 3.05) is 32.7 Å². The minimum atomic E-state index is -0.118. The van der Waals surface area contributed by atoms with Gasteiger partial charge in [-0.05, 0) is 6.42 Å². The first-order valence-corrected chi connectivity index (χ1v) is 6.83. The van der Waals surface area contributed by atoms with Gasteiger partial charge in [0.1, 0.15) is 0 Å². The molecule has 0 aliphatic carbocycles. The first-order valence-electron chi connectivity index (χ1n) is 6.83. The molecule has 3 saturated heterocycles. The molecule has 4 heterocycles. The van der Waals surface area contributed by atoms with E-state index in [0.29, 0.717) is 11.9 Å². The fourth-order valence-corrected chi connectivity index (χ4v) is 2.83. The quantitative estimate of drug-likeness (QED) is 0.842. The molecular weight excluding hydrogens is 230 g/mol. The number of nitrogens with two attached hydrogens (primary N) is 1. The van der Waals surface area contributed by atoms with E-state index in [2.05, 4.69) is 26.9 Å². The van der Waals surface area contributed by atoms with Crippen molar-refractivity contribution in [3.63, 3.8) is 0 Å². The zero-order valence-electron chi connectivity index (χ0n) is 10.9. The maximum Gasteiger partial charge on any atom is 0.243 e. The molecule has 0 saturated carbocycles. The molecule has 2 bridgehead atoms. The molecule has 3 aliphatic rings. The van der Waals surface area contributed by atoms with Crippen molar-refractivity contribution in [3.05, 3.63) is 11.7 Å². The van der Waals surface area contributed by atoms with Gasteiger partial charge in [-0.2, -0.15) is 4.98 Å². The van der Waals surface area contributed by atoms with Crippen LogP contribution in [0.25, 0.3) is 0 Å². The molecule has 3 aliphatic heterocycles. The maximum absolute atomic E-state index is 6.00. The Kier molecular flexibility index (Phi) is 3.32. The van der Waals surface area contributed by atoms with E-state index in [9.17, 15) is 0 Å². The van der Waals surface area contributed by atoms with Crippen LogP contribution in [-0.2, 0) is 0 Å². The SMILES string of the molecule is CCC[C@@H](N)c1nc(C2CN3CCN2CC3)no1. The third kappa shape index (κ3) is 2.15. The Hall–Kier alpha value is -0.980. The lowest BCUT2D eigenvalue weighted by Crippen LogP contribution is -2.57. The summed E-state index contributed by atoms with van der Waals surface area (Å²) in [7, 11) is 0. The molecule has 1 aromatic rings. The summed E-state index contributed by atoms with van der Waals surface area (Å²) in [6, 6.07) is 0.172. The van der Waals surface area contributed by atoms with Crippen LogP contribution in [0.1, 0.15) is 43.6 Å². The van der Waals surface area contributed by atoms with E-state index in [4.69, 9.17) is 10.3 Å². The molecule has 100 valence electrons. The number of fused-ring (bicyclic) bond motifs is 3. The van der Waals surface area contributed by atoms with E-state index in [0.717, 1.165) is 51.4 Å². The van der Waals surface area contributed by atoms with Gasteiger partial charge in [0.2, 0.25) is 5.89 Å². The lowest BCUT2D eigenvalue weighted by Gasteiger charge is -2.46. The molecule has 18 heavy (non-hydrogen) atoms. The molecule has 0 spiro atoms. The lowest BCUT2D eigenvalue weighted by molar-refractivity contribution is 0.00781. The number of hydrogen-bond acceptors (Lipinski definition) is 6. The Morgan fingerprint density at radius 2 is 2.17 bits per heavy atom. The van der Waals surface area contributed by atoms with Crippen molar-refractivity contribution in [3.8, 4) is 0 Å². The molecule has 6 nitrogen and oxygen atoms in total. The zero-order chi connectivity index (χ0) is 12.5. The van der Waals surface area contributed by atoms with Crippen molar-refractivity contribution in [2.24, 2.45) is 5.73 Å². The van der Waals surface area contributed by atoms with E-state index < -0.39 is 0 Å². The second-order valence-electron chi connectivity index (χ2n) is 5.24. The zero-order valence-corrected chi connectivity index (χ0v) is 10.9. The van der Waals surface area contributed by atoms with Gasteiger partial charge >= 0.3 is 0 Å². The number of nitrogens with zero attached hydrogens (tertiary/aromatic N) is 4. The predicted octanol–water partition coefficient (Wildman–Crippen LogP) is 0.542. The molecule has 0 amide bonds. The first-order chi connectivity index (χ1) is 8.78. The molecule has 3 fully saturated rings. The van der Waals surface area contributed by atoms with Gasteiger partial charge in [-0.25, -0.2) is 0 Å². The van der Waals surface area contributed by atoms with Gasteiger partial charge in [-0.3, -0.25) is 9.80 Å². The average Bonchev–Trinajstić information content (AvgIpc) is 2.90. The van der Waals surface area contributed by atoms with Crippen LogP contribution in [0.4, 0.5) is 0 Å². The summed E-state index contributed by atoms with van der Waals surface area (Å²) >= 11 is 0. The number of piperazine rings is 3. The summed E-state index contributed by atoms with van der Waals surface area (Å²) in [4.78, 5) is 9.41. The normalized spacial score (nSPS) is 32.7. The monoisotopic (exact) mass is 251 g/mol. The Morgan fingerprint density at radius 3 is 2.78 bits per heavy atom. The van der Waals surface area contributed by atoms with Crippen LogP contribution in [0.15, 0.2) is 4.52 Å². The number of aromatic nitrogens is 2. The standard InChI is InChI=1S/C12H21N5O/c1-2-3-9(13)12-14-11(15-18-12)10-8-16-4-6-17(10)7-5-16/h9-10H,2-8,13H2,1H3/t9-,10?/m1/s1. The highest BCUT2D eigenvalue weighted by atomic mass is 16.5. The molecule has 1 aromatic heterocycles. The second-order valence-corrected chi connectivity index (χ2v) is 5.24. The summed E-state index contributed by atoms with van der Waals surface area (Å²) < 4.78 is 5.31. The summed E-state index contributed by atoms with van der Waals surface area (Å²) in [5.41, 5.74) is 6.00. The lowest BCUT2D eigenvalue weighted by atomic mass is 10.1. The highest BCUT2D eigenvalue weighted by Crippen LogP contribution is 2.27. The summed E-state index contributed by atoms with van der Waals surface area (Å²) in [6.45, 7) is 7.66. The van der Waals surface area contributed by atoms with Crippen molar-refractivity contribution in [2.45, 2.75) is 31.8 Å². The predicted molar refractivity (Wildman–Crippen MR) is 66.9 cm³/mol. The van der Waals surface area contributed by atoms with Crippen LogP contribution < -0.4 is 5.73 Å². The van der Waals surface area contributed by atoms with Crippen molar-refractivity contribution >= 4 is 0 Å². The molecule has 0 aromatic carbocycles. The molecule has 4 rings (SSSR count). The topological polar surface area (TPSA) is 71.4 Å². The molecule has 0 radical (unpaired) electrons. The summed E-state index contributed by atoms with van der Waals surface area (Å²) in [6.07, 6.45) is 1.92. The Morgan fingerprint density at radius 1 is 1.39 bits per heavy atom. The largest absolute Gasteiger partial charge is 0.338 e. The van der Waals surface area contributed by atoms with Gasteiger partial charge in [0, 0.05) is 32.7 Å². The van der Waals surface area contributed by atoms with Crippen LogP contribution in [0, 0.1) is 0 Å². The third-order valence-electron chi connectivity index (χ3n) is 3.95. The van der Waals surface area contributed by atoms with Gasteiger partial charge in [0.05, 0.1) is 12.1 Å². The minimum absolute atomic E-state index is 0.118. The Labute approximate surface area is 107 Å². The van der Waals surface area contributed by atoms with Crippen LogP contribution in [0.5, 0.6) is 0 Å². The van der Waals surface area contributed by atoms with E-state index in [1.165, 1.54) is 0 Å². The van der Waals surface area contributed by atoms with Gasteiger partial charge in [0.25, 0.3) is 0 Å². The van der Waals surface area contributed by atoms with E-state index in [-0.39, 0.29) is 6.04 Å². The first kappa shape index (κ1) is 12.1. The second kappa shape index (κ2) is 4.95. The molecule has 2 N–H and O–H groups in total. The molecule has 1 unspecified atom stereocenters. The van der Waals surface area contributed by atoms with Crippen molar-refractivity contribution < 1.29 is 4.52 Å². The van der Waals surface area contributed by atoms with Crippen LogP contribution in [0.3, 0.4) is 0 Å². The summed E-state index contributed by atoms with van der Waals surface area (Å²) in [5, 5.41) is 4.13. The highest BCUT2D eigenvalue weighted by molar-refractivity contribution is 5.02. The van der Waals surface area contributed by atoms with E-state index in [1.807, 2.05) is 0 Å². The van der Waals surface area contributed by atoms with E-state index >= 15 is 0 Å². The molecule has 6 heteroatoms. The van der Waals surface area contributed by atoms with Crippen LogP contribution in [-0.4, -0.2) is 52.7 Å². The molecule has 2 atom stereocenters. The number of hydrogen-bond donors (Lipinski definition) is 1. The van der Waals surface area contributed by atoms with Crippen molar-refractivity contribution in [1.29, 1.82) is 0 Å². The number of rotatable bonds is 4. The average molecular weight is 251 g/mol. The van der Waals surface area contributed by atoms with Gasteiger partial charge < -0.3 is 10.3 Å². The minimum Gasteiger partial charge on any atom is -0.338 e. The Bertz CT molecular complexity index is 399. The van der Waals surface area contributed by atoms with E-state index in [1.54, 1.807) is 0 Å². The maximum atomic E-state index is 6.00. The smallest absolute Gasteiger partial charge is 0.243 e. The fourth-order valence-electron chi connectivity index (χ4n) is 2.83. The highest BCUT2D eigenvalue weighted by Gasteiger charge is 2.35. The third-order valence-corrected chi connectivity index (χ3v) is 3.95. The molecular formula is C12H21N5O. The fraction of sp³-hybridized carbons (Fsp3) is 0.833.